The van der Waals surface area contributed by atoms with Crippen LogP contribution in [-0.4, -0.2) is 117 Å². The molecule has 3 aromatic rings. The number of pyridine rings is 3. The molecule has 1 amide bonds. The molecule has 1 aliphatic rings. The number of fused-ring (bicyclic) bond motifs is 1. The van der Waals surface area contributed by atoms with Crippen LogP contribution in [0.4, 0.5) is 5.82 Å². The number of ether oxygens (including phenoxy) is 1. The highest BCUT2D eigenvalue weighted by atomic mass is 16.5. The average molecular weight is 444 g/mol. The van der Waals surface area contributed by atoms with Gasteiger partial charge >= 0.3 is 0 Å². The number of carbonyl (C=O) groups is 1. The summed E-state index contributed by atoms with van der Waals surface area (Å²) in [5.41, 5.74) is 2.72. The summed E-state index contributed by atoms with van der Waals surface area (Å²) in [6, 6.07) is 7.79. The van der Waals surface area contributed by atoms with Crippen LogP contribution >= 0.6 is 0 Å². The van der Waals surface area contributed by atoms with E-state index in [1.165, 1.54) is 0 Å². The molecule has 0 aromatic carbocycles. The van der Waals surface area contributed by atoms with Gasteiger partial charge in [-0.2, -0.15) is 0 Å². The highest BCUT2D eigenvalue weighted by Crippen LogP contribution is 2.39. The maximum atomic E-state index is 13.2. The number of carbonyl (C=O) groups excluding carboxylic acids is 1. The minimum Gasteiger partial charge on any atom is -0.403 e. The minimum atomic E-state index is -0.443. The number of amides is 1. The van der Waals surface area contributed by atoms with Crippen molar-refractivity contribution in [2.45, 2.75) is 21.5 Å². The Bertz CT molecular complexity index is 1220. The van der Waals surface area contributed by atoms with Gasteiger partial charge in [0.15, 0.2) is 0 Å². The van der Waals surface area contributed by atoms with E-state index in [1.54, 1.807) is 12.4 Å². The second-order valence-electron chi connectivity index (χ2n) is 11.1. The van der Waals surface area contributed by atoms with Crippen LogP contribution in [0, 0.1) is 0 Å². The van der Waals surface area contributed by atoms with E-state index < -0.39 is 10.8 Å². The first-order valence-electron chi connectivity index (χ1n) is 11.7. The number of rotatable bonds is 4. The quantitative estimate of drug-likeness (QED) is 0.404. The van der Waals surface area contributed by atoms with E-state index in [9.17, 15) is 4.79 Å². The van der Waals surface area contributed by atoms with Gasteiger partial charge in [-0.15, -0.1) is 0 Å². The van der Waals surface area contributed by atoms with Crippen molar-refractivity contribution in [3.8, 4) is 11.1 Å². The van der Waals surface area contributed by atoms with Crippen LogP contribution in [0.15, 0.2) is 49.1 Å². The summed E-state index contributed by atoms with van der Waals surface area (Å²) < 4.78 is 6.52. The number of anilines is 1. The van der Waals surface area contributed by atoms with Crippen LogP contribution in [-0.2, 0) is 9.53 Å². The van der Waals surface area contributed by atoms with Crippen molar-refractivity contribution in [1.82, 2.24) is 19.9 Å². The zero-order valence-corrected chi connectivity index (χ0v) is 21.4. The highest BCUT2D eigenvalue weighted by molar-refractivity contribution is 6.59. The lowest BCUT2D eigenvalue weighted by atomic mass is 9.30. The Balaban J connectivity index is 1.59. The lowest BCUT2D eigenvalue weighted by Crippen LogP contribution is -2.86. The third-order valence-electron chi connectivity index (χ3n) is 7.94. The molecule has 0 spiro atoms. The van der Waals surface area contributed by atoms with Gasteiger partial charge in [0.1, 0.15) is 68.6 Å². The molecule has 7 nitrogen and oxygen atoms in total. The molecule has 1 aliphatic heterocycles. The molecule has 0 aliphatic carbocycles. The molecule has 3 aromatic heterocycles. The fourth-order valence-corrected chi connectivity index (χ4v) is 4.75. The van der Waals surface area contributed by atoms with Crippen molar-refractivity contribution >= 4 is 85.4 Å². The van der Waals surface area contributed by atoms with Crippen molar-refractivity contribution in [3.63, 3.8) is 0 Å². The lowest BCUT2D eigenvalue weighted by Gasteiger charge is -2.68. The molecule has 1 N–H and O–H groups in total. The van der Waals surface area contributed by atoms with E-state index in [-0.39, 0.29) is 23.1 Å². The number of morpholine rings is 1. The number of nitrogens with zero attached hydrogens (tertiary/aromatic N) is 4. The first-order valence-corrected chi connectivity index (χ1v) is 11.7. The third-order valence-corrected chi connectivity index (χ3v) is 7.94. The maximum absolute atomic E-state index is 13.2. The van der Waals surface area contributed by atoms with E-state index in [0.29, 0.717) is 5.82 Å². The summed E-state index contributed by atoms with van der Waals surface area (Å²) >= 11 is 0. The van der Waals surface area contributed by atoms with E-state index >= 15 is 0 Å². The topological polar surface area (TPSA) is 80.2 Å². The summed E-state index contributed by atoms with van der Waals surface area (Å²) in [4.78, 5) is 28.6. The first-order chi connectivity index (χ1) is 15.7. The molecule has 34 heavy (non-hydrogen) atoms. The number of aromatic nitrogens is 3. The van der Waals surface area contributed by atoms with Crippen LogP contribution in [0.5, 0.6) is 0 Å². The van der Waals surface area contributed by atoms with Crippen LogP contribution in [0.3, 0.4) is 0 Å². The van der Waals surface area contributed by atoms with Gasteiger partial charge in [0.25, 0.3) is 0 Å². The van der Waals surface area contributed by atoms with Gasteiger partial charge in [-0.25, -0.2) is 4.98 Å². The molecule has 0 saturated carbocycles. The monoisotopic (exact) mass is 445 g/mol. The smallest absolute Gasteiger partial charge is 0.239 e. The van der Waals surface area contributed by atoms with Crippen LogP contribution in [0.1, 0.15) is 0 Å². The summed E-state index contributed by atoms with van der Waals surface area (Å²) in [5.74, 6) is 0.392. The van der Waals surface area contributed by atoms with Crippen LogP contribution in [0.2, 0.25) is 0 Å². The van der Waals surface area contributed by atoms with E-state index in [1.807, 2.05) is 36.7 Å². The van der Waals surface area contributed by atoms with Crippen molar-refractivity contribution in [2.75, 3.05) is 11.9 Å². The average Bonchev–Trinajstić information content (AvgIpc) is 2.75. The Morgan fingerprint density at radius 3 is 2.21 bits per heavy atom. The Morgan fingerprint density at radius 1 is 0.912 bits per heavy atom. The predicted octanol–water partition coefficient (Wildman–Crippen LogP) is -6.36. The Kier molecular flexibility index (Phi) is 6.10. The molecular weight excluding hydrogens is 417 g/mol. The molecule has 0 atom stereocenters. The second-order valence-corrected chi connectivity index (χ2v) is 11.1. The predicted molar refractivity (Wildman–Crippen MR) is 158 cm³/mol. The van der Waals surface area contributed by atoms with Crippen molar-refractivity contribution in [1.29, 1.82) is 0 Å². The summed E-state index contributed by atoms with van der Waals surface area (Å²) in [5, 5.41) is 2.27. The van der Waals surface area contributed by atoms with Crippen molar-refractivity contribution in [3.05, 3.63) is 49.1 Å². The molecule has 0 radical (unpaired) electrons. The Labute approximate surface area is 208 Å². The molecule has 1 saturated heterocycles. The fourth-order valence-electron chi connectivity index (χ4n) is 4.75. The molecule has 1 fully saturated rings. The van der Waals surface area contributed by atoms with E-state index in [4.69, 9.17) is 4.74 Å². The normalized spacial score (nSPS) is 20.5. The van der Waals surface area contributed by atoms with E-state index in [2.05, 4.69) is 87.9 Å². The van der Waals surface area contributed by atoms with Crippen molar-refractivity contribution in [2.24, 2.45) is 0 Å². The van der Waals surface area contributed by atoms with Gasteiger partial charge in [0.05, 0.1) is 18.3 Å². The summed E-state index contributed by atoms with van der Waals surface area (Å²) in [7, 11) is 16.9. The maximum Gasteiger partial charge on any atom is 0.239 e. The first kappa shape index (κ1) is 24.7. The lowest BCUT2D eigenvalue weighted by molar-refractivity contribution is -0.131. The van der Waals surface area contributed by atoms with Gasteiger partial charge in [0, 0.05) is 45.9 Å². The van der Waals surface area contributed by atoms with Gasteiger partial charge in [-0.05, 0) is 28.9 Å². The SMILES string of the molecule is BC1(B)OC(B)(B)C(B)(B)N(CC(=O)Nc2cc3cc(-c4cccnc4)cnc3cn2)C1(B)B. The number of nitrogens with one attached hydrogen (secondary N) is 1. The van der Waals surface area contributed by atoms with Crippen LogP contribution < -0.4 is 5.32 Å². The molecule has 4 heterocycles. The molecule has 0 bridgehead atoms. The minimum absolute atomic E-state index is 0.113. The largest absolute Gasteiger partial charge is 0.403 e. The van der Waals surface area contributed by atoms with Crippen molar-refractivity contribution < 1.29 is 9.53 Å². The Morgan fingerprint density at radius 2 is 1.59 bits per heavy atom. The summed E-state index contributed by atoms with van der Waals surface area (Å²) in [6.07, 6.45) is 7.05. The zero-order valence-electron chi connectivity index (χ0n) is 21.4. The van der Waals surface area contributed by atoms with Gasteiger partial charge < -0.3 is 15.0 Å². The third kappa shape index (κ3) is 4.24. The fraction of sp³-hybridized carbons (Fsp3) is 0.263. The van der Waals surface area contributed by atoms with E-state index in [0.717, 1.165) is 22.0 Å². The molecule has 0 unspecified atom stereocenters. The van der Waals surface area contributed by atoms with Gasteiger partial charge in [0.2, 0.25) is 5.91 Å². The van der Waals surface area contributed by atoms with Gasteiger partial charge in [-0.3, -0.25) is 14.8 Å². The number of hydrogen-bond donors (Lipinski definition) is 1. The molecule has 4 rings (SSSR count). The summed E-state index contributed by atoms with van der Waals surface area (Å²) in [6.45, 7) is 0.226. The molecule has 164 valence electrons. The second kappa shape index (κ2) is 8.38. The zero-order chi connectivity index (χ0) is 24.9. The molecular formula is C19H27B8N5O2. The standard InChI is InChI=1S/C19H27B8N5O2/c20-16(21)18(24,25)34-19(26,27)17(22,23)32(16)9-15(33)31-14-5-11-4-12(7-29-13(11)8-30-14)10-2-1-3-28-6-10/h1-8H,9,20-27H2,(H,30,31,33). The Hall–Kier alpha value is -2.38. The van der Waals surface area contributed by atoms with Gasteiger partial charge in [-0.1, -0.05) is 6.07 Å². The highest BCUT2D eigenvalue weighted by Gasteiger charge is 2.58. The number of hydrogen-bond acceptors (Lipinski definition) is 6. The molecule has 15 heteroatoms. The van der Waals surface area contributed by atoms with Crippen LogP contribution in [0.25, 0.3) is 22.0 Å².